The molecule has 0 aliphatic rings. The Morgan fingerprint density at radius 1 is 1.12 bits per heavy atom. The number of nitrogens with two attached hydrogens (primary N) is 1. The number of hydrogen-bond donors (Lipinski definition) is 1. The molecule has 1 amide bonds. The molecular formula is C16H13F3N4O3. The lowest BCUT2D eigenvalue weighted by atomic mass is 10.1. The first-order chi connectivity index (χ1) is 12.2. The molecule has 0 unspecified atom stereocenters. The quantitative estimate of drug-likeness (QED) is 0.766. The first kappa shape index (κ1) is 17.5. The van der Waals surface area contributed by atoms with Crippen molar-refractivity contribution in [1.82, 2.24) is 14.6 Å². The summed E-state index contributed by atoms with van der Waals surface area (Å²) in [7, 11) is 2.86. The van der Waals surface area contributed by atoms with E-state index in [9.17, 15) is 18.0 Å². The summed E-state index contributed by atoms with van der Waals surface area (Å²) >= 11 is 0. The van der Waals surface area contributed by atoms with E-state index < -0.39 is 17.8 Å². The molecule has 26 heavy (non-hydrogen) atoms. The molecule has 3 rings (SSSR count). The van der Waals surface area contributed by atoms with Gasteiger partial charge in [0.15, 0.2) is 28.5 Å². The van der Waals surface area contributed by atoms with Crippen LogP contribution in [0.15, 0.2) is 30.3 Å². The number of primary amides is 1. The van der Waals surface area contributed by atoms with Crippen molar-refractivity contribution in [3.05, 3.63) is 41.7 Å². The van der Waals surface area contributed by atoms with Crippen molar-refractivity contribution in [1.29, 1.82) is 0 Å². The van der Waals surface area contributed by atoms with Crippen LogP contribution in [0, 0.1) is 0 Å². The third-order valence-corrected chi connectivity index (χ3v) is 3.65. The molecule has 136 valence electrons. The van der Waals surface area contributed by atoms with Crippen LogP contribution in [0.2, 0.25) is 0 Å². The second-order valence-corrected chi connectivity index (χ2v) is 5.26. The first-order valence-corrected chi connectivity index (χ1v) is 7.25. The topological polar surface area (TPSA) is 91.7 Å². The maximum Gasteiger partial charge on any atom is 0.433 e. The van der Waals surface area contributed by atoms with Crippen molar-refractivity contribution >= 4 is 11.6 Å². The van der Waals surface area contributed by atoms with E-state index in [0.29, 0.717) is 21.6 Å². The minimum atomic E-state index is -4.71. The number of carbonyl (C=O) groups excluding carboxylic acids is 1. The number of rotatable bonds is 4. The number of fused-ring (bicyclic) bond motifs is 1. The SMILES string of the molecule is COc1ccc(-c2cc(C(F)(F)F)n3nc(C(N)=O)cc3n2)cc1OC. The van der Waals surface area contributed by atoms with Gasteiger partial charge in [0, 0.05) is 11.6 Å². The molecule has 1 aromatic carbocycles. The van der Waals surface area contributed by atoms with Gasteiger partial charge in [0.2, 0.25) is 0 Å². The van der Waals surface area contributed by atoms with Gasteiger partial charge in [-0.15, -0.1) is 0 Å². The van der Waals surface area contributed by atoms with Crippen LogP contribution in [0.4, 0.5) is 13.2 Å². The Labute approximate surface area is 145 Å². The maximum absolute atomic E-state index is 13.4. The number of aromatic nitrogens is 3. The van der Waals surface area contributed by atoms with Crippen LogP contribution in [-0.4, -0.2) is 34.7 Å². The second-order valence-electron chi connectivity index (χ2n) is 5.26. The van der Waals surface area contributed by atoms with Crippen LogP contribution in [-0.2, 0) is 6.18 Å². The van der Waals surface area contributed by atoms with Gasteiger partial charge in [-0.3, -0.25) is 4.79 Å². The molecule has 0 atom stereocenters. The Kier molecular flexibility index (Phi) is 4.18. The van der Waals surface area contributed by atoms with Gasteiger partial charge < -0.3 is 15.2 Å². The van der Waals surface area contributed by atoms with Crippen LogP contribution in [0.25, 0.3) is 16.9 Å². The van der Waals surface area contributed by atoms with Gasteiger partial charge in [-0.05, 0) is 24.3 Å². The molecule has 0 spiro atoms. The Morgan fingerprint density at radius 3 is 2.38 bits per heavy atom. The molecular weight excluding hydrogens is 353 g/mol. The van der Waals surface area contributed by atoms with Crippen LogP contribution in [0.1, 0.15) is 16.2 Å². The van der Waals surface area contributed by atoms with E-state index in [1.165, 1.54) is 20.3 Å². The lowest BCUT2D eigenvalue weighted by Gasteiger charge is -2.12. The van der Waals surface area contributed by atoms with E-state index >= 15 is 0 Å². The molecule has 0 saturated heterocycles. The second kappa shape index (κ2) is 6.21. The van der Waals surface area contributed by atoms with E-state index in [4.69, 9.17) is 15.2 Å². The van der Waals surface area contributed by atoms with Crippen molar-refractivity contribution in [2.24, 2.45) is 5.73 Å². The number of methoxy groups -OCH3 is 2. The van der Waals surface area contributed by atoms with Gasteiger partial charge in [-0.2, -0.15) is 18.3 Å². The van der Waals surface area contributed by atoms with Crippen molar-refractivity contribution in [3.63, 3.8) is 0 Å². The standard InChI is InChI=1S/C16H13F3N4O3/c1-25-11-4-3-8(5-12(11)26-2)9-6-13(16(17,18)19)23-14(21-9)7-10(22-23)15(20)24/h3-7H,1-2H3,(H2,20,24). The smallest absolute Gasteiger partial charge is 0.433 e. The highest BCUT2D eigenvalue weighted by molar-refractivity contribution is 5.92. The number of alkyl halides is 3. The summed E-state index contributed by atoms with van der Waals surface area (Å²) in [5.41, 5.74) is 3.95. The van der Waals surface area contributed by atoms with Crippen molar-refractivity contribution in [3.8, 4) is 22.8 Å². The number of amides is 1. The summed E-state index contributed by atoms with van der Waals surface area (Å²) in [6.07, 6.45) is -4.71. The Bertz CT molecular complexity index is 998. The van der Waals surface area contributed by atoms with Gasteiger partial charge in [0.25, 0.3) is 5.91 Å². The maximum atomic E-state index is 13.4. The zero-order chi connectivity index (χ0) is 19.1. The molecule has 0 radical (unpaired) electrons. The van der Waals surface area contributed by atoms with E-state index in [1.807, 2.05) is 0 Å². The van der Waals surface area contributed by atoms with Crippen LogP contribution in [0.5, 0.6) is 11.5 Å². The van der Waals surface area contributed by atoms with Crippen LogP contribution >= 0.6 is 0 Å². The Hall–Kier alpha value is -3.30. The van der Waals surface area contributed by atoms with Crippen molar-refractivity contribution < 1.29 is 27.4 Å². The van der Waals surface area contributed by atoms with Gasteiger partial charge in [0.05, 0.1) is 19.9 Å². The largest absolute Gasteiger partial charge is 0.493 e. The Morgan fingerprint density at radius 2 is 1.81 bits per heavy atom. The summed E-state index contributed by atoms with van der Waals surface area (Å²) in [6, 6.07) is 6.54. The molecule has 10 heteroatoms. The zero-order valence-electron chi connectivity index (χ0n) is 13.7. The summed E-state index contributed by atoms with van der Waals surface area (Å²) in [6.45, 7) is 0. The molecule has 0 saturated carbocycles. The molecule has 7 nitrogen and oxygen atoms in total. The molecule has 0 bridgehead atoms. The van der Waals surface area contributed by atoms with Gasteiger partial charge >= 0.3 is 6.18 Å². The zero-order valence-corrected chi connectivity index (χ0v) is 13.7. The van der Waals surface area contributed by atoms with Crippen molar-refractivity contribution in [2.75, 3.05) is 14.2 Å². The molecule has 2 aromatic heterocycles. The van der Waals surface area contributed by atoms with Gasteiger partial charge in [-0.1, -0.05) is 0 Å². The lowest BCUT2D eigenvalue weighted by molar-refractivity contribution is -0.142. The highest BCUT2D eigenvalue weighted by Gasteiger charge is 2.35. The minimum Gasteiger partial charge on any atom is -0.493 e. The molecule has 0 aliphatic carbocycles. The van der Waals surface area contributed by atoms with Crippen molar-refractivity contribution in [2.45, 2.75) is 6.18 Å². The number of benzene rings is 1. The number of ether oxygens (including phenoxy) is 2. The number of hydrogen-bond acceptors (Lipinski definition) is 5. The number of halogens is 3. The third kappa shape index (κ3) is 3.01. The van der Waals surface area contributed by atoms with E-state index in [0.717, 1.165) is 12.1 Å². The Balaban J connectivity index is 2.25. The highest BCUT2D eigenvalue weighted by Crippen LogP contribution is 2.35. The number of carbonyl (C=O) groups is 1. The normalized spacial score (nSPS) is 11.6. The highest BCUT2D eigenvalue weighted by atomic mass is 19.4. The average molecular weight is 366 g/mol. The summed E-state index contributed by atoms with van der Waals surface area (Å²) in [4.78, 5) is 15.4. The monoisotopic (exact) mass is 366 g/mol. The fourth-order valence-electron chi connectivity index (χ4n) is 2.44. The third-order valence-electron chi connectivity index (χ3n) is 3.65. The predicted octanol–water partition coefficient (Wildman–Crippen LogP) is 2.53. The van der Waals surface area contributed by atoms with E-state index in [1.54, 1.807) is 12.1 Å². The molecule has 2 N–H and O–H groups in total. The minimum absolute atomic E-state index is 0.0294. The van der Waals surface area contributed by atoms with Gasteiger partial charge in [0.1, 0.15) is 0 Å². The van der Waals surface area contributed by atoms with E-state index in [2.05, 4.69) is 10.1 Å². The first-order valence-electron chi connectivity index (χ1n) is 7.25. The summed E-state index contributed by atoms with van der Waals surface area (Å²) in [5, 5.41) is 3.59. The predicted molar refractivity (Wildman–Crippen MR) is 85.0 cm³/mol. The lowest BCUT2D eigenvalue weighted by Crippen LogP contribution is -2.15. The molecule has 0 fully saturated rings. The number of nitrogens with zero attached hydrogens (tertiary/aromatic N) is 3. The van der Waals surface area contributed by atoms with E-state index in [-0.39, 0.29) is 17.0 Å². The van der Waals surface area contributed by atoms with Gasteiger partial charge in [-0.25, -0.2) is 9.50 Å². The molecule has 2 heterocycles. The summed E-state index contributed by atoms with van der Waals surface area (Å²) in [5.74, 6) is -0.184. The summed E-state index contributed by atoms with van der Waals surface area (Å²) < 4.78 is 51.1. The molecule has 3 aromatic rings. The van der Waals surface area contributed by atoms with Crippen LogP contribution in [0.3, 0.4) is 0 Å². The fourth-order valence-corrected chi connectivity index (χ4v) is 2.44. The van der Waals surface area contributed by atoms with Crippen LogP contribution < -0.4 is 15.2 Å². The fraction of sp³-hybridized carbons (Fsp3) is 0.188. The average Bonchev–Trinajstić information content (AvgIpc) is 3.03. The molecule has 0 aliphatic heterocycles.